The van der Waals surface area contributed by atoms with Crippen molar-refractivity contribution in [2.24, 2.45) is 0 Å². The Bertz CT molecular complexity index is 723. The second-order valence-corrected chi connectivity index (χ2v) is 6.49. The highest BCUT2D eigenvalue weighted by atomic mass is 16.2. The lowest BCUT2D eigenvalue weighted by Crippen LogP contribution is -2.44. The van der Waals surface area contributed by atoms with Gasteiger partial charge >= 0.3 is 0 Å². The first-order valence-electron chi connectivity index (χ1n) is 8.74. The molecule has 0 aromatic heterocycles. The van der Waals surface area contributed by atoms with Gasteiger partial charge in [0.2, 0.25) is 0 Å². The zero-order chi connectivity index (χ0) is 16.4. The summed E-state index contributed by atoms with van der Waals surface area (Å²) in [7, 11) is 0. The van der Waals surface area contributed by atoms with Crippen LogP contribution >= 0.6 is 0 Å². The lowest BCUT2D eigenvalue weighted by atomic mass is 9.96. The molecule has 4 heteroatoms. The van der Waals surface area contributed by atoms with Crippen molar-refractivity contribution in [3.63, 3.8) is 0 Å². The van der Waals surface area contributed by atoms with Gasteiger partial charge in [0.1, 0.15) is 0 Å². The minimum Gasteiger partial charge on any atom is -0.369 e. The molecule has 0 unspecified atom stereocenters. The Hall–Kier alpha value is -2.33. The highest BCUT2D eigenvalue weighted by Gasteiger charge is 2.25. The number of fused-ring (bicyclic) bond motifs is 1. The van der Waals surface area contributed by atoms with Gasteiger partial charge in [-0.3, -0.25) is 4.79 Å². The topological polar surface area (TPSA) is 35.6 Å². The molecular weight excluding hydrogens is 298 g/mol. The Morgan fingerprint density at radius 3 is 2.50 bits per heavy atom. The molecule has 2 heterocycles. The number of benzene rings is 2. The third kappa shape index (κ3) is 2.89. The lowest BCUT2D eigenvalue weighted by molar-refractivity contribution is 0.0735. The van der Waals surface area contributed by atoms with Crippen LogP contribution in [0.2, 0.25) is 0 Å². The van der Waals surface area contributed by atoms with E-state index in [4.69, 9.17) is 0 Å². The number of hydrogen-bond donors (Lipinski definition) is 1. The lowest BCUT2D eigenvalue weighted by Gasteiger charge is -2.36. The highest BCUT2D eigenvalue weighted by Crippen LogP contribution is 2.30. The molecule has 0 spiro atoms. The van der Waals surface area contributed by atoms with Crippen LogP contribution in [0, 0.1) is 0 Å². The molecule has 1 amide bonds. The van der Waals surface area contributed by atoms with Crippen LogP contribution < -0.4 is 10.2 Å². The van der Waals surface area contributed by atoms with Crippen molar-refractivity contribution >= 4 is 11.6 Å². The van der Waals surface area contributed by atoms with E-state index in [1.807, 2.05) is 35.2 Å². The summed E-state index contributed by atoms with van der Waals surface area (Å²) >= 11 is 0. The van der Waals surface area contributed by atoms with E-state index in [2.05, 4.69) is 28.4 Å². The number of rotatable bonds is 2. The van der Waals surface area contributed by atoms with Gasteiger partial charge in [0.25, 0.3) is 5.91 Å². The fraction of sp³-hybridized carbons (Fsp3) is 0.350. The summed E-state index contributed by atoms with van der Waals surface area (Å²) in [6, 6.07) is 16.2. The molecule has 4 rings (SSSR count). The second kappa shape index (κ2) is 6.65. The summed E-state index contributed by atoms with van der Waals surface area (Å²) in [5.41, 5.74) is 4.80. The van der Waals surface area contributed by atoms with Gasteiger partial charge in [0.05, 0.1) is 0 Å². The summed E-state index contributed by atoms with van der Waals surface area (Å²) in [5, 5.41) is 3.41. The largest absolute Gasteiger partial charge is 0.369 e. The van der Waals surface area contributed by atoms with E-state index < -0.39 is 0 Å². The third-order valence-corrected chi connectivity index (χ3v) is 5.01. The molecule has 2 aromatic carbocycles. The Labute approximate surface area is 143 Å². The SMILES string of the molecule is O=C(c1ccccc1)N1CCc2cccc(N3CCNCC3)c2C1. The van der Waals surface area contributed by atoms with Gasteiger partial charge in [-0.25, -0.2) is 0 Å². The number of hydrogen-bond acceptors (Lipinski definition) is 3. The van der Waals surface area contributed by atoms with E-state index in [0.717, 1.165) is 44.7 Å². The minimum atomic E-state index is 0.136. The zero-order valence-corrected chi connectivity index (χ0v) is 13.9. The van der Waals surface area contributed by atoms with Crippen LogP contribution in [0.25, 0.3) is 0 Å². The first-order valence-corrected chi connectivity index (χ1v) is 8.74. The fourth-order valence-electron chi connectivity index (χ4n) is 3.70. The predicted molar refractivity (Wildman–Crippen MR) is 96.4 cm³/mol. The van der Waals surface area contributed by atoms with Gasteiger partial charge in [0, 0.05) is 50.5 Å². The Balaban J connectivity index is 1.60. The Kier molecular flexibility index (Phi) is 4.22. The molecule has 0 atom stereocenters. The van der Waals surface area contributed by atoms with Gasteiger partial charge in [-0.1, -0.05) is 30.3 Å². The number of amides is 1. The zero-order valence-electron chi connectivity index (χ0n) is 13.9. The third-order valence-electron chi connectivity index (χ3n) is 5.01. The van der Waals surface area contributed by atoms with Gasteiger partial charge in [0.15, 0.2) is 0 Å². The molecule has 24 heavy (non-hydrogen) atoms. The molecule has 2 aliphatic rings. The first kappa shape index (κ1) is 15.2. The van der Waals surface area contributed by atoms with Crippen molar-refractivity contribution in [1.82, 2.24) is 10.2 Å². The van der Waals surface area contributed by atoms with Gasteiger partial charge in [-0.15, -0.1) is 0 Å². The number of nitrogens with one attached hydrogen (secondary N) is 1. The standard InChI is InChI=1S/C20H23N3O/c24-20(17-5-2-1-3-6-17)23-12-9-16-7-4-8-19(18(16)15-23)22-13-10-21-11-14-22/h1-8,21H,9-15H2. The molecule has 4 nitrogen and oxygen atoms in total. The number of carbonyl (C=O) groups is 1. The van der Waals surface area contributed by atoms with E-state index in [1.54, 1.807) is 0 Å². The van der Waals surface area contributed by atoms with Crippen LogP contribution in [-0.2, 0) is 13.0 Å². The summed E-state index contributed by atoms with van der Waals surface area (Å²) in [6.07, 6.45) is 0.938. The van der Waals surface area contributed by atoms with Crippen molar-refractivity contribution in [2.45, 2.75) is 13.0 Å². The Morgan fingerprint density at radius 2 is 1.71 bits per heavy atom. The minimum absolute atomic E-state index is 0.136. The van der Waals surface area contributed by atoms with Crippen molar-refractivity contribution in [2.75, 3.05) is 37.6 Å². The van der Waals surface area contributed by atoms with E-state index >= 15 is 0 Å². The monoisotopic (exact) mass is 321 g/mol. The number of nitrogens with zero attached hydrogens (tertiary/aromatic N) is 2. The quantitative estimate of drug-likeness (QED) is 0.922. The van der Waals surface area contributed by atoms with E-state index in [1.165, 1.54) is 16.8 Å². The fourth-order valence-corrected chi connectivity index (χ4v) is 3.70. The van der Waals surface area contributed by atoms with Gasteiger partial charge in [-0.05, 0) is 35.7 Å². The number of anilines is 1. The van der Waals surface area contributed by atoms with Gasteiger partial charge in [-0.2, -0.15) is 0 Å². The summed E-state index contributed by atoms with van der Waals surface area (Å²) < 4.78 is 0. The summed E-state index contributed by atoms with van der Waals surface area (Å²) in [6.45, 7) is 5.62. The average molecular weight is 321 g/mol. The van der Waals surface area contributed by atoms with Crippen LogP contribution in [0.1, 0.15) is 21.5 Å². The van der Waals surface area contributed by atoms with Crippen molar-refractivity contribution in [3.05, 3.63) is 65.2 Å². The summed E-state index contributed by atoms with van der Waals surface area (Å²) in [4.78, 5) is 17.2. The molecule has 2 aromatic rings. The first-order chi connectivity index (χ1) is 11.8. The van der Waals surface area contributed by atoms with Crippen LogP contribution in [0.15, 0.2) is 48.5 Å². The molecule has 0 aliphatic carbocycles. The van der Waals surface area contributed by atoms with Crippen LogP contribution in [-0.4, -0.2) is 43.5 Å². The summed E-state index contributed by atoms with van der Waals surface area (Å²) in [5.74, 6) is 0.136. The number of piperazine rings is 1. The van der Waals surface area contributed by atoms with Crippen molar-refractivity contribution in [1.29, 1.82) is 0 Å². The van der Waals surface area contributed by atoms with Crippen LogP contribution in [0.3, 0.4) is 0 Å². The molecular formula is C20H23N3O. The molecule has 124 valence electrons. The molecule has 1 N–H and O–H groups in total. The maximum atomic E-state index is 12.8. The second-order valence-electron chi connectivity index (χ2n) is 6.49. The van der Waals surface area contributed by atoms with E-state index in [-0.39, 0.29) is 5.91 Å². The van der Waals surface area contributed by atoms with E-state index in [9.17, 15) is 4.79 Å². The van der Waals surface area contributed by atoms with Crippen molar-refractivity contribution < 1.29 is 4.79 Å². The predicted octanol–water partition coefficient (Wildman–Crippen LogP) is 2.29. The molecule has 1 saturated heterocycles. The molecule has 0 bridgehead atoms. The smallest absolute Gasteiger partial charge is 0.254 e. The van der Waals surface area contributed by atoms with Crippen LogP contribution in [0.4, 0.5) is 5.69 Å². The Morgan fingerprint density at radius 1 is 0.917 bits per heavy atom. The van der Waals surface area contributed by atoms with Crippen LogP contribution in [0.5, 0.6) is 0 Å². The molecule has 2 aliphatic heterocycles. The normalized spacial score (nSPS) is 17.5. The average Bonchev–Trinajstić information content (AvgIpc) is 2.68. The van der Waals surface area contributed by atoms with Gasteiger partial charge < -0.3 is 15.1 Å². The maximum absolute atomic E-state index is 12.8. The highest BCUT2D eigenvalue weighted by molar-refractivity contribution is 5.94. The maximum Gasteiger partial charge on any atom is 0.254 e. The van der Waals surface area contributed by atoms with E-state index in [0.29, 0.717) is 6.54 Å². The number of carbonyl (C=O) groups excluding carboxylic acids is 1. The molecule has 0 radical (unpaired) electrons. The molecule has 1 fully saturated rings. The molecule has 0 saturated carbocycles. The van der Waals surface area contributed by atoms with Crippen molar-refractivity contribution in [3.8, 4) is 0 Å².